The van der Waals surface area contributed by atoms with Crippen LogP contribution in [0.4, 0.5) is 10.2 Å². The number of nitrogens with zero attached hydrogens (tertiary/aromatic N) is 5. The van der Waals surface area contributed by atoms with Gasteiger partial charge in [0.15, 0.2) is 5.82 Å². The van der Waals surface area contributed by atoms with Gasteiger partial charge >= 0.3 is 0 Å². The quantitative estimate of drug-likeness (QED) is 0.687. The van der Waals surface area contributed by atoms with Crippen LogP contribution in [0.1, 0.15) is 21.6 Å². The molecular weight excluding hydrogens is 361 g/mol. The zero-order chi connectivity index (χ0) is 19.4. The molecule has 3 aromatic heterocycles. The number of rotatable bonds is 2. The molecule has 1 saturated heterocycles. The standard InChI is InChI=1S/C19H20FN7O/c1-10-4-15(27-17(10)18(21)24-9-25-27)11-5-12-14(23-6-11)2-3-26(19(12)28)16-8-22-7-13(16)20/h4-6,9,13,16,22H,2-3,7-8H2,1H3,(H2,21,24,25)/t13-,16+/m0/s1. The summed E-state index contributed by atoms with van der Waals surface area (Å²) in [6.45, 7) is 3.19. The van der Waals surface area contributed by atoms with Crippen LogP contribution in [0.3, 0.4) is 0 Å². The summed E-state index contributed by atoms with van der Waals surface area (Å²) in [6, 6.07) is 3.35. The second-order valence-corrected chi connectivity index (χ2v) is 7.33. The molecule has 3 aromatic rings. The lowest BCUT2D eigenvalue weighted by atomic mass is 9.99. The second-order valence-electron chi connectivity index (χ2n) is 7.33. The van der Waals surface area contributed by atoms with Crippen molar-refractivity contribution in [2.24, 2.45) is 0 Å². The molecule has 2 atom stereocenters. The molecule has 5 heterocycles. The van der Waals surface area contributed by atoms with E-state index in [2.05, 4.69) is 20.4 Å². The predicted molar refractivity (Wildman–Crippen MR) is 102 cm³/mol. The molecule has 28 heavy (non-hydrogen) atoms. The van der Waals surface area contributed by atoms with Crippen molar-refractivity contribution in [2.75, 3.05) is 25.4 Å². The van der Waals surface area contributed by atoms with Gasteiger partial charge in [0.05, 0.1) is 23.0 Å². The van der Waals surface area contributed by atoms with Gasteiger partial charge in [0.25, 0.3) is 5.91 Å². The number of aromatic nitrogens is 4. The predicted octanol–water partition coefficient (Wildman–Crippen LogP) is 0.990. The first-order chi connectivity index (χ1) is 13.5. The number of carbonyl (C=O) groups is 1. The SMILES string of the molecule is Cc1cc(-c2cnc3c(c2)C(=O)N([C@@H]2CNC[C@@H]2F)CC3)n2ncnc(N)c12. The maximum absolute atomic E-state index is 14.2. The molecule has 8 nitrogen and oxygen atoms in total. The topological polar surface area (TPSA) is 101 Å². The third-order valence-electron chi connectivity index (χ3n) is 5.63. The van der Waals surface area contributed by atoms with Crippen molar-refractivity contribution in [3.8, 4) is 11.3 Å². The smallest absolute Gasteiger partial charge is 0.256 e. The summed E-state index contributed by atoms with van der Waals surface area (Å²) in [5.41, 5.74) is 10.5. The normalized spacial score (nSPS) is 22.1. The van der Waals surface area contributed by atoms with Crippen LogP contribution >= 0.6 is 0 Å². The van der Waals surface area contributed by atoms with Gasteiger partial charge < -0.3 is 16.0 Å². The van der Waals surface area contributed by atoms with Gasteiger partial charge in [-0.05, 0) is 24.6 Å². The Bertz CT molecular complexity index is 1100. The molecule has 0 saturated carbocycles. The molecule has 2 aliphatic rings. The maximum Gasteiger partial charge on any atom is 0.256 e. The Morgan fingerprint density at radius 1 is 1.29 bits per heavy atom. The molecule has 0 aromatic carbocycles. The van der Waals surface area contributed by atoms with E-state index in [1.54, 1.807) is 15.6 Å². The summed E-state index contributed by atoms with van der Waals surface area (Å²) < 4.78 is 15.9. The van der Waals surface area contributed by atoms with Crippen LogP contribution in [0, 0.1) is 6.92 Å². The Balaban J connectivity index is 1.58. The van der Waals surface area contributed by atoms with Crippen LogP contribution in [-0.4, -0.2) is 62.2 Å². The van der Waals surface area contributed by atoms with Gasteiger partial charge in [0, 0.05) is 37.8 Å². The van der Waals surface area contributed by atoms with E-state index in [1.165, 1.54) is 6.33 Å². The molecule has 144 valence electrons. The van der Waals surface area contributed by atoms with E-state index in [9.17, 15) is 9.18 Å². The average molecular weight is 381 g/mol. The Labute approximate surface area is 160 Å². The van der Waals surface area contributed by atoms with Crippen LogP contribution in [0.2, 0.25) is 0 Å². The Morgan fingerprint density at radius 2 is 2.14 bits per heavy atom. The monoisotopic (exact) mass is 381 g/mol. The molecule has 3 N–H and O–H groups in total. The lowest BCUT2D eigenvalue weighted by Gasteiger charge is -2.33. The van der Waals surface area contributed by atoms with E-state index in [4.69, 9.17) is 5.73 Å². The number of alkyl halides is 1. The number of hydrogen-bond donors (Lipinski definition) is 2. The highest BCUT2D eigenvalue weighted by molar-refractivity contribution is 5.97. The fourth-order valence-electron chi connectivity index (χ4n) is 4.21. The fraction of sp³-hybridized carbons (Fsp3) is 0.368. The van der Waals surface area contributed by atoms with Crippen molar-refractivity contribution >= 4 is 17.2 Å². The zero-order valence-electron chi connectivity index (χ0n) is 15.4. The van der Waals surface area contributed by atoms with Crippen LogP contribution < -0.4 is 11.1 Å². The summed E-state index contributed by atoms with van der Waals surface area (Å²) >= 11 is 0. The number of amides is 1. The van der Waals surface area contributed by atoms with E-state index in [0.29, 0.717) is 30.9 Å². The first kappa shape index (κ1) is 17.1. The van der Waals surface area contributed by atoms with Gasteiger partial charge in [0.1, 0.15) is 18.0 Å². The lowest BCUT2D eigenvalue weighted by molar-refractivity contribution is 0.0601. The fourth-order valence-corrected chi connectivity index (χ4v) is 4.21. The van der Waals surface area contributed by atoms with Gasteiger partial charge in [-0.25, -0.2) is 13.9 Å². The van der Waals surface area contributed by atoms with E-state index in [-0.39, 0.29) is 12.5 Å². The average Bonchev–Trinajstić information content (AvgIpc) is 3.26. The molecule has 0 unspecified atom stereocenters. The largest absolute Gasteiger partial charge is 0.382 e. The highest BCUT2D eigenvalue weighted by Crippen LogP contribution is 2.30. The molecule has 1 fully saturated rings. The molecular formula is C19H20FN7O. The van der Waals surface area contributed by atoms with Gasteiger partial charge in [-0.15, -0.1) is 0 Å². The van der Waals surface area contributed by atoms with Gasteiger partial charge in [-0.1, -0.05) is 0 Å². The molecule has 0 radical (unpaired) electrons. The van der Waals surface area contributed by atoms with Crippen molar-refractivity contribution in [3.63, 3.8) is 0 Å². The van der Waals surface area contributed by atoms with Crippen molar-refractivity contribution < 1.29 is 9.18 Å². The summed E-state index contributed by atoms with van der Waals surface area (Å²) in [7, 11) is 0. The molecule has 1 amide bonds. The molecule has 2 aliphatic heterocycles. The Kier molecular flexibility index (Phi) is 3.80. The molecule has 5 rings (SSSR count). The summed E-state index contributed by atoms with van der Waals surface area (Å²) in [5.74, 6) is 0.230. The molecule has 0 bridgehead atoms. The van der Waals surface area contributed by atoms with Gasteiger partial charge in [-0.3, -0.25) is 9.78 Å². The molecule has 0 aliphatic carbocycles. The Hall–Kier alpha value is -3.07. The number of fused-ring (bicyclic) bond motifs is 2. The number of hydrogen-bond acceptors (Lipinski definition) is 6. The van der Waals surface area contributed by atoms with Gasteiger partial charge in [0.2, 0.25) is 0 Å². The van der Waals surface area contributed by atoms with Crippen molar-refractivity contribution in [1.82, 2.24) is 29.8 Å². The zero-order valence-corrected chi connectivity index (χ0v) is 15.4. The van der Waals surface area contributed by atoms with E-state index in [1.807, 2.05) is 19.1 Å². The highest BCUT2D eigenvalue weighted by Gasteiger charge is 2.38. The van der Waals surface area contributed by atoms with Crippen molar-refractivity contribution in [2.45, 2.75) is 25.6 Å². The van der Waals surface area contributed by atoms with Crippen LogP contribution in [-0.2, 0) is 6.42 Å². The minimum atomic E-state index is -1.04. The number of halogens is 1. The first-order valence-corrected chi connectivity index (χ1v) is 9.28. The molecule has 0 spiro atoms. The minimum Gasteiger partial charge on any atom is -0.382 e. The summed E-state index contributed by atoms with van der Waals surface area (Å²) in [4.78, 5) is 23.3. The van der Waals surface area contributed by atoms with Crippen LogP contribution in [0.5, 0.6) is 0 Å². The van der Waals surface area contributed by atoms with Crippen molar-refractivity contribution in [1.29, 1.82) is 0 Å². The van der Waals surface area contributed by atoms with E-state index in [0.717, 1.165) is 28.0 Å². The summed E-state index contributed by atoms with van der Waals surface area (Å²) in [5, 5.41) is 7.32. The molecule has 9 heteroatoms. The van der Waals surface area contributed by atoms with Gasteiger partial charge in [-0.2, -0.15) is 5.10 Å². The van der Waals surface area contributed by atoms with Crippen LogP contribution in [0.25, 0.3) is 16.8 Å². The lowest BCUT2D eigenvalue weighted by Crippen LogP contribution is -2.49. The number of nitrogen functional groups attached to an aromatic ring is 1. The number of aryl methyl sites for hydroxylation is 1. The van der Waals surface area contributed by atoms with Crippen molar-refractivity contribution in [3.05, 3.63) is 41.5 Å². The number of nitrogens with one attached hydrogen (secondary N) is 1. The summed E-state index contributed by atoms with van der Waals surface area (Å²) in [6.07, 6.45) is 2.72. The number of nitrogens with two attached hydrogens (primary N) is 1. The number of carbonyl (C=O) groups excluding carboxylic acids is 1. The Morgan fingerprint density at radius 3 is 2.93 bits per heavy atom. The third-order valence-corrected chi connectivity index (χ3v) is 5.63. The highest BCUT2D eigenvalue weighted by atomic mass is 19.1. The van der Waals surface area contributed by atoms with E-state index < -0.39 is 12.2 Å². The third kappa shape index (κ3) is 2.46. The van der Waals surface area contributed by atoms with Crippen LogP contribution in [0.15, 0.2) is 24.7 Å². The number of pyridine rings is 1. The van der Waals surface area contributed by atoms with E-state index >= 15 is 0 Å². The minimum absolute atomic E-state index is 0.168. The second kappa shape index (κ2) is 6.23. The first-order valence-electron chi connectivity index (χ1n) is 9.28. The number of anilines is 1. The maximum atomic E-state index is 14.2.